The minimum Gasteiger partial charge on any atom is -0.411 e. The highest BCUT2D eigenvalue weighted by Gasteiger charge is 2.13. The molecule has 0 saturated heterocycles. The van der Waals surface area contributed by atoms with Crippen LogP contribution in [0.3, 0.4) is 0 Å². The van der Waals surface area contributed by atoms with Gasteiger partial charge in [0.25, 0.3) is 5.22 Å². The van der Waals surface area contributed by atoms with Crippen LogP contribution in [-0.4, -0.2) is 21.9 Å². The third kappa shape index (κ3) is 4.08. The van der Waals surface area contributed by atoms with Gasteiger partial charge in [0, 0.05) is 5.56 Å². The van der Waals surface area contributed by atoms with E-state index in [2.05, 4.69) is 15.5 Å². The SMILES string of the molecule is O=C(CSc1nnc(-c2ccccc2)o1)Nc1c(Cl)cccc1Cl. The van der Waals surface area contributed by atoms with Crippen LogP contribution in [0.4, 0.5) is 5.69 Å². The Kier molecular flexibility index (Phi) is 5.40. The van der Waals surface area contributed by atoms with Crippen molar-refractivity contribution in [2.75, 3.05) is 11.1 Å². The van der Waals surface area contributed by atoms with Crippen LogP contribution in [0.5, 0.6) is 0 Å². The fraction of sp³-hybridized carbons (Fsp3) is 0.0625. The van der Waals surface area contributed by atoms with Gasteiger partial charge in [0.05, 0.1) is 21.5 Å². The van der Waals surface area contributed by atoms with Crippen LogP contribution in [-0.2, 0) is 4.79 Å². The number of amides is 1. The van der Waals surface area contributed by atoms with E-state index in [1.165, 1.54) is 0 Å². The summed E-state index contributed by atoms with van der Waals surface area (Å²) < 4.78 is 5.53. The molecular weight excluding hydrogens is 369 g/mol. The van der Waals surface area contributed by atoms with Gasteiger partial charge in [-0.15, -0.1) is 10.2 Å². The molecule has 1 aromatic heterocycles. The first-order chi connectivity index (χ1) is 11.6. The van der Waals surface area contributed by atoms with Crippen LogP contribution in [0.2, 0.25) is 10.0 Å². The molecule has 122 valence electrons. The second kappa shape index (κ2) is 7.70. The normalized spacial score (nSPS) is 10.6. The Bertz CT molecular complexity index is 835. The van der Waals surface area contributed by atoms with E-state index in [1.807, 2.05) is 30.3 Å². The number of benzene rings is 2. The number of hydrogen-bond donors (Lipinski definition) is 1. The maximum Gasteiger partial charge on any atom is 0.277 e. The molecule has 0 bridgehead atoms. The number of para-hydroxylation sites is 1. The van der Waals surface area contributed by atoms with Crippen LogP contribution >= 0.6 is 35.0 Å². The predicted octanol–water partition coefficient (Wildman–Crippen LogP) is 4.77. The van der Waals surface area contributed by atoms with Crippen molar-refractivity contribution < 1.29 is 9.21 Å². The van der Waals surface area contributed by atoms with E-state index < -0.39 is 0 Å². The Morgan fingerprint density at radius 3 is 2.46 bits per heavy atom. The zero-order valence-electron chi connectivity index (χ0n) is 12.2. The highest BCUT2D eigenvalue weighted by molar-refractivity contribution is 7.99. The largest absolute Gasteiger partial charge is 0.411 e. The molecule has 0 aliphatic rings. The topological polar surface area (TPSA) is 68.0 Å². The summed E-state index contributed by atoms with van der Waals surface area (Å²) in [7, 11) is 0. The van der Waals surface area contributed by atoms with E-state index in [9.17, 15) is 4.79 Å². The minimum atomic E-state index is -0.269. The standard InChI is InChI=1S/C16H11Cl2N3O2S/c17-11-7-4-8-12(18)14(11)19-13(22)9-24-16-21-20-15(23-16)10-5-2-1-3-6-10/h1-8H,9H2,(H,19,22). The summed E-state index contributed by atoms with van der Waals surface area (Å²) in [5, 5.41) is 11.6. The van der Waals surface area contributed by atoms with Crippen LogP contribution in [0.25, 0.3) is 11.5 Å². The Morgan fingerprint density at radius 2 is 1.75 bits per heavy atom. The first-order valence-corrected chi connectivity index (χ1v) is 8.63. The number of carbonyl (C=O) groups is 1. The third-order valence-electron chi connectivity index (χ3n) is 2.98. The maximum absolute atomic E-state index is 12.0. The van der Waals surface area contributed by atoms with Crippen LogP contribution < -0.4 is 5.32 Å². The summed E-state index contributed by atoms with van der Waals surface area (Å²) in [6, 6.07) is 14.4. The summed E-state index contributed by atoms with van der Waals surface area (Å²) >= 11 is 13.2. The molecule has 0 radical (unpaired) electrons. The van der Waals surface area contributed by atoms with Gasteiger partial charge in [-0.2, -0.15) is 0 Å². The lowest BCUT2D eigenvalue weighted by atomic mass is 10.2. The first kappa shape index (κ1) is 16.8. The van der Waals surface area contributed by atoms with Gasteiger partial charge in [-0.1, -0.05) is 59.2 Å². The van der Waals surface area contributed by atoms with Gasteiger partial charge in [0.2, 0.25) is 11.8 Å². The monoisotopic (exact) mass is 379 g/mol. The molecule has 0 atom stereocenters. The van der Waals surface area contributed by atoms with E-state index in [4.69, 9.17) is 27.6 Å². The summed E-state index contributed by atoms with van der Waals surface area (Å²) in [5.74, 6) is 0.236. The van der Waals surface area contributed by atoms with Crippen molar-refractivity contribution in [3.8, 4) is 11.5 Å². The van der Waals surface area contributed by atoms with E-state index in [-0.39, 0.29) is 11.7 Å². The first-order valence-electron chi connectivity index (χ1n) is 6.89. The summed E-state index contributed by atoms with van der Waals surface area (Å²) in [4.78, 5) is 12.0. The molecule has 3 rings (SSSR count). The quantitative estimate of drug-likeness (QED) is 0.646. The number of anilines is 1. The van der Waals surface area contributed by atoms with Crippen molar-refractivity contribution in [1.82, 2.24) is 10.2 Å². The molecule has 1 heterocycles. The van der Waals surface area contributed by atoms with E-state index in [1.54, 1.807) is 18.2 Å². The lowest BCUT2D eigenvalue weighted by molar-refractivity contribution is -0.113. The van der Waals surface area contributed by atoms with Crippen molar-refractivity contribution in [3.63, 3.8) is 0 Å². The molecule has 0 fully saturated rings. The summed E-state index contributed by atoms with van der Waals surface area (Å²) in [5.41, 5.74) is 1.21. The highest BCUT2D eigenvalue weighted by Crippen LogP contribution is 2.30. The molecule has 0 unspecified atom stereocenters. The fourth-order valence-electron chi connectivity index (χ4n) is 1.89. The van der Waals surface area contributed by atoms with Gasteiger partial charge < -0.3 is 9.73 Å². The van der Waals surface area contributed by atoms with E-state index >= 15 is 0 Å². The Labute approximate surface area is 152 Å². The lowest BCUT2D eigenvalue weighted by Gasteiger charge is -2.08. The molecule has 2 aromatic carbocycles. The molecule has 0 aliphatic carbocycles. The minimum absolute atomic E-state index is 0.0952. The van der Waals surface area contributed by atoms with Gasteiger partial charge in [0.15, 0.2) is 0 Å². The smallest absolute Gasteiger partial charge is 0.277 e. The lowest BCUT2D eigenvalue weighted by Crippen LogP contribution is -2.14. The Hall–Kier alpha value is -2.02. The second-order valence-electron chi connectivity index (χ2n) is 4.67. The predicted molar refractivity (Wildman–Crippen MR) is 95.5 cm³/mol. The van der Waals surface area contributed by atoms with Crippen molar-refractivity contribution >= 4 is 46.6 Å². The van der Waals surface area contributed by atoms with Crippen molar-refractivity contribution in [2.24, 2.45) is 0 Å². The number of halogens is 2. The van der Waals surface area contributed by atoms with Crippen molar-refractivity contribution in [2.45, 2.75) is 5.22 Å². The maximum atomic E-state index is 12.0. The summed E-state index contributed by atoms with van der Waals surface area (Å²) in [6.45, 7) is 0. The molecule has 3 aromatic rings. The molecule has 1 amide bonds. The highest BCUT2D eigenvalue weighted by atomic mass is 35.5. The zero-order valence-corrected chi connectivity index (χ0v) is 14.5. The third-order valence-corrected chi connectivity index (χ3v) is 4.43. The van der Waals surface area contributed by atoms with E-state index in [0.717, 1.165) is 17.3 Å². The van der Waals surface area contributed by atoms with Gasteiger partial charge in [-0.25, -0.2) is 0 Å². The number of aromatic nitrogens is 2. The van der Waals surface area contributed by atoms with Crippen LogP contribution in [0.1, 0.15) is 0 Å². The van der Waals surface area contributed by atoms with Crippen molar-refractivity contribution in [3.05, 3.63) is 58.6 Å². The van der Waals surface area contributed by atoms with Crippen LogP contribution in [0.15, 0.2) is 58.2 Å². The van der Waals surface area contributed by atoms with Gasteiger partial charge in [-0.3, -0.25) is 4.79 Å². The number of nitrogens with zero attached hydrogens (tertiary/aromatic N) is 2. The molecule has 1 N–H and O–H groups in total. The van der Waals surface area contributed by atoms with E-state index in [0.29, 0.717) is 26.8 Å². The molecule has 0 aliphatic heterocycles. The van der Waals surface area contributed by atoms with Gasteiger partial charge >= 0.3 is 0 Å². The molecule has 8 heteroatoms. The molecular formula is C16H11Cl2N3O2S. The summed E-state index contributed by atoms with van der Waals surface area (Å²) in [6.07, 6.45) is 0. The van der Waals surface area contributed by atoms with Gasteiger partial charge in [-0.05, 0) is 24.3 Å². The number of carbonyl (C=O) groups excluding carboxylic acids is 1. The molecule has 0 spiro atoms. The van der Waals surface area contributed by atoms with Crippen LogP contribution in [0, 0.1) is 0 Å². The fourth-order valence-corrected chi connectivity index (χ4v) is 2.94. The zero-order chi connectivity index (χ0) is 16.9. The Morgan fingerprint density at radius 1 is 1.04 bits per heavy atom. The molecule has 5 nitrogen and oxygen atoms in total. The second-order valence-corrected chi connectivity index (χ2v) is 6.41. The van der Waals surface area contributed by atoms with Crippen molar-refractivity contribution in [1.29, 1.82) is 0 Å². The average Bonchev–Trinajstić information content (AvgIpc) is 3.06. The molecule has 24 heavy (non-hydrogen) atoms. The number of nitrogens with one attached hydrogen (secondary N) is 1. The molecule has 0 saturated carbocycles. The Balaban J connectivity index is 1.60. The number of rotatable bonds is 5. The van der Waals surface area contributed by atoms with Gasteiger partial charge in [0.1, 0.15) is 0 Å². The number of hydrogen-bond acceptors (Lipinski definition) is 5. The average molecular weight is 380 g/mol. The number of thioether (sulfide) groups is 1.